The van der Waals surface area contributed by atoms with Crippen molar-refractivity contribution in [1.29, 1.82) is 0 Å². The van der Waals surface area contributed by atoms with E-state index in [0.29, 0.717) is 19.5 Å². The summed E-state index contributed by atoms with van der Waals surface area (Å²) in [4.78, 5) is 14.9. The minimum atomic E-state index is -0.0385. The van der Waals surface area contributed by atoms with Gasteiger partial charge in [0.25, 0.3) is 0 Å². The van der Waals surface area contributed by atoms with Crippen molar-refractivity contribution in [1.82, 2.24) is 4.90 Å². The van der Waals surface area contributed by atoms with E-state index >= 15 is 0 Å². The highest BCUT2D eigenvalue weighted by molar-refractivity contribution is 7.16. The van der Waals surface area contributed by atoms with Gasteiger partial charge in [-0.25, -0.2) is 0 Å². The number of carbonyl (C=O) groups excluding carboxylic acids is 1. The standard InChI is InChI=1S/C12H19ClN2OS/c1-3-9(14)7-12(16)15(4-2)8-10-5-6-11(13)17-10/h5-6,9H,3-4,7-8,14H2,1-2H3. The van der Waals surface area contributed by atoms with E-state index in [4.69, 9.17) is 17.3 Å². The Hall–Kier alpha value is -0.580. The van der Waals surface area contributed by atoms with Gasteiger partial charge in [0.1, 0.15) is 0 Å². The van der Waals surface area contributed by atoms with Crippen LogP contribution in [0.1, 0.15) is 31.6 Å². The number of halogens is 1. The zero-order valence-electron chi connectivity index (χ0n) is 10.3. The van der Waals surface area contributed by atoms with Crippen LogP contribution in [0.3, 0.4) is 0 Å². The maximum Gasteiger partial charge on any atom is 0.224 e. The first-order valence-corrected chi connectivity index (χ1v) is 7.03. The third-order valence-corrected chi connectivity index (χ3v) is 3.89. The number of amides is 1. The molecular formula is C12H19ClN2OS. The summed E-state index contributed by atoms with van der Waals surface area (Å²) in [6.45, 7) is 5.30. The Morgan fingerprint density at radius 3 is 2.71 bits per heavy atom. The summed E-state index contributed by atoms with van der Waals surface area (Å²) in [6, 6.07) is 3.78. The molecule has 1 unspecified atom stereocenters. The lowest BCUT2D eigenvalue weighted by Gasteiger charge is -2.21. The molecule has 0 spiro atoms. The summed E-state index contributed by atoms with van der Waals surface area (Å²) in [5.41, 5.74) is 5.80. The van der Waals surface area contributed by atoms with Crippen LogP contribution in [0.15, 0.2) is 12.1 Å². The van der Waals surface area contributed by atoms with Gasteiger partial charge in [-0.2, -0.15) is 0 Å². The van der Waals surface area contributed by atoms with Gasteiger partial charge in [0.15, 0.2) is 0 Å². The summed E-state index contributed by atoms with van der Waals surface area (Å²) in [5.74, 6) is 0.117. The van der Waals surface area contributed by atoms with Crippen molar-refractivity contribution in [2.24, 2.45) is 5.73 Å². The molecule has 96 valence electrons. The van der Waals surface area contributed by atoms with Gasteiger partial charge < -0.3 is 10.6 Å². The van der Waals surface area contributed by atoms with Crippen molar-refractivity contribution in [3.8, 4) is 0 Å². The van der Waals surface area contributed by atoms with Crippen LogP contribution in [0.5, 0.6) is 0 Å². The minimum absolute atomic E-state index is 0.0385. The summed E-state index contributed by atoms with van der Waals surface area (Å²) in [6.07, 6.45) is 1.25. The van der Waals surface area contributed by atoms with E-state index in [1.54, 1.807) is 0 Å². The molecule has 0 saturated heterocycles. The molecule has 0 fully saturated rings. The maximum absolute atomic E-state index is 12.0. The molecule has 0 aliphatic rings. The van der Waals surface area contributed by atoms with E-state index in [2.05, 4.69) is 0 Å². The molecule has 5 heteroatoms. The first-order chi connectivity index (χ1) is 8.06. The highest BCUT2D eigenvalue weighted by Gasteiger charge is 2.15. The van der Waals surface area contributed by atoms with E-state index in [-0.39, 0.29) is 11.9 Å². The van der Waals surface area contributed by atoms with Gasteiger partial charge in [-0.15, -0.1) is 11.3 Å². The fourth-order valence-electron chi connectivity index (χ4n) is 1.50. The Labute approximate surface area is 112 Å². The van der Waals surface area contributed by atoms with Crippen molar-refractivity contribution in [2.75, 3.05) is 6.54 Å². The summed E-state index contributed by atoms with van der Waals surface area (Å²) < 4.78 is 0.758. The number of hydrogen-bond donors (Lipinski definition) is 1. The van der Waals surface area contributed by atoms with Gasteiger partial charge in [0, 0.05) is 23.9 Å². The number of thiophene rings is 1. The minimum Gasteiger partial charge on any atom is -0.338 e. The average molecular weight is 275 g/mol. The van der Waals surface area contributed by atoms with Gasteiger partial charge in [-0.1, -0.05) is 18.5 Å². The summed E-state index contributed by atoms with van der Waals surface area (Å²) in [5, 5.41) is 0. The van der Waals surface area contributed by atoms with Crippen LogP contribution in [0.4, 0.5) is 0 Å². The third-order valence-electron chi connectivity index (χ3n) is 2.67. The molecular weight excluding hydrogens is 256 g/mol. The molecule has 0 radical (unpaired) electrons. The molecule has 0 saturated carbocycles. The number of rotatable bonds is 6. The van der Waals surface area contributed by atoms with Crippen molar-refractivity contribution in [2.45, 2.75) is 39.3 Å². The Kier molecular flexibility index (Phi) is 5.95. The van der Waals surface area contributed by atoms with Crippen LogP contribution in [-0.4, -0.2) is 23.4 Å². The molecule has 0 aliphatic carbocycles. The molecule has 1 rings (SSSR count). The first-order valence-electron chi connectivity index (χ1n) is 5.84. The lowest BCUT2D eigenvalue weighted by molar-refractivity contribution is -0.131. The molecule has 1 aromatic rings. The van der Waals surface area contributed by atoms with Crippen LogP contribution in [0, 0.1) is 0 Å². The smallest absolute Gasteiger partial charge is 0.224 e. The molecule has 1 heterocycles. The molecule has 2 N–H and O–H groups in total. The van der Waals surface area contributed by atoms with Crippen LogP contribution in [0.25, 0.3) is 0 Å². The second-order valence-corrected chi connectivity index (χ2v) is 5.79. The fourth-order valence-corrected chi connectivity index (χ4v) is 2.60. The molecule has 1 amide bonds. The monoisotopic (exact) mass is 274 g/mol. The summed E-state index contributed by atoms with van der Waals surface area (Å²) >= 11 is 7.38. The van der Waals surface area contributed by atoms with Gasteiger partial charge in [0.05, 0.1) is 10.9 Å². The van der Waals surface area contributed by atoms with E-state index in [1.807, 2.05) is 30.9 Å². The van der Waals surface area contributed by atoms with E-state index in [0.717, 1.165) is 15.6 Å². The van der Waals surface area contributed by atoms with Gasteiger partial charge in [-0.3, -0.25) is 4.79 Å². The first kappa shape index (κ1) is 14.5. The topological polar surface area (TPSA) is 46.3 Å². The van der Waals surface area contributed by atoms with Crippen molar-refractivity contribution >= 4 is 28.8 Å². The largest absolute Gasteiger partial charge is 0.338 e. The SMILES string of the molecule is CCC(N)CC(=O)N(CC)Cc1ccc(Cl)s1. The predicted molar refractivity (Wildman–Crippen MR) is 73.3 cm³/mol. The number of hydrogen-bond acceptors (Lipinski definition) is 3. The Bertz CT molecular complexity index is 367. The maximum atomic E-state index is 12.0. The van der Waals surface area contributed by atoms with Crippen molar-refractivity contribution in [3.63, 3.8) is 0 Å². The van der Waals surface area contributed by atoms with Gasteiger partial charge >= 0.3 is 0 Å². The van der Waals surface area contributed by atoms with E-state index in [9.17, 15) is 4.79 Å². The molecule has 3 nitrogen and oxygen atoms in total. The molecule has 1 atom stereocenters. The number of nitrogens with two attached hydrogens (primary N) is 1. The Morgan fingerprint density at radius 2 is 2.24 bits per heavy atom. The molecule has 0 aromatic carbocycles. The molecule has 0 aliphatic heterocycles. The van der Waals surface area contributed by atoms with E-state index < -0.39 is 0 Å². The second-order valence-electron chi connectivity index (χ2n) is 3.99. The summed E-state index contributed by atoms with van der Waals surface area (Å²) in [7, 11) is 0. The Balaban J connectivity index is 2.56. The fraction of sp³-hybridized carbons (Fsp3) is 0.583. The second kappa shape index (κ2) is 6.99. The number of nitrogens with zero attached hydrogens (tertiary/aromatic N) is 1. The number of carbonyl (C=O) groups is 1. The molecule has 17 heavy (non-hydrogen) atoms. The predicted octanol–water partition coefficient (Wildman–Crippen LogP) is 2.88. The van der Waals surface area contributed by atoms with Crippen LogP contribution in [-0.2, 0) is 11.3 Å². The lowest BCUT2D eigenvalue weighted by atomic mass is 10.1. The normalized spacial score (nSPS) is 12.5. The van der Waals surface area contributed by atoms with Crippen molar-refractivity contribution in [3.05, 3.63) is 21.3 Å². The highest BCUT2D eigenvalue weighted by Crippen LogP contribution is 2.22. The quantitative estimate of drug-likeness (QED) is 0.867. The van der Waals surface area contributed by atoms with Crippen LogP contribution >= 0.6 is 22.9 Å². The molecule has 1 aromatic heterocycles. The van der Waals surface area contributed by atoms with Crippen LogP contribution in [0.2, 0.25) is 4.34 Å². The van der Waals surface area contributed by atoms with Gasteiger partial charge in [-0.05, 0) is 25.5 Å². The zero-order valence-corrected chi connectivity index (χ0v) is 11.9. The van der Waals surface area contributed by atoms with Crippen LogP contribution < -0.4 is 5.73 Å². The average Bonchev–Trinajstić information content (AvgIpc) is 2.71. The third kappa shape index (κ3) is 4.66. The molecule has 0 bridgehead atoms. The van der Waals surface area contributed by atoms with Crippen molar-refractivity contribution < 1.29 is 4.79 Å². The van der Waals surface area contributed by atoms with E-state index in [1.165, 1.54) is 11.3 Å². The Morgan fingerprint density at radius 1 is 1.53 bits per heavy atom. The highest BCUT2D eigenvalue weighted by atomic mass is 35.5. The lowest BCUT2D eigenvalue weighted by Crippen LogP contribution is -2.35. The zero-order chi connectivity index (χ0) is 12.8. The van der Waals surface area contributed by atoms with Gasteiger partial charge in [0.2, 0.25) is 5.91 Å².